The van der Waals surface area contributed by atoms with Gasteiger partial charge < -0.3 is 10.1 Å². The standard InChI is InChI=1S/C18H20N2O5S/c1-3-15(17(21)20-14-7-5-4-6-8-14)25-18(22)13-10-9-12(2)16(11-13)26(19,23)24/h4-11,15H,3H2,1-2H3,(H,20,21)(H2,19,23,24). The number of hydrogen-bond acceptors (Lipinski definition) is 5. The average molecular weight is 376 g/mol. The second-order valence-corrected chi connectivity index (χ2v) is 7.21. The molecule has 0 aliphatic heterocycles. The van der Waals surface area contributed by atoms with E-state index in [0.29, 0.717) is 11.3 Å². The van der Waals surface area contributed by atoms with E-state index < -0.39 is 28.0 Å². The molecule has 26 heavy (non-hydrogen) atoms. The fourth-order valence-corrected chi connectivity index (χ4v) is 3.11. The monoisotopic (exact) mass is 376 g/mol. The third-order valence-electron chi connectivity index (χ3n) is 3.68. The van der Waals surface area contributed by atoms with Crippen molar-refractivity contribution < 1.29 is 22.7 Å². The van der Waals surface area contributed by atoms with E-state index in [1.54, 1.807) is 38.1 Å². The number of amides is 1. The zero-order valence-corrected chi connectivity index (χ0v) is 15.2. The van der Waals surface area contributed by atoms with Gasteiger partial charge in [0, 0.05) is 5.69 Å². The van der Waals surface area contributed by atoms with Crippen molar-refractivity contribution in [3.05, 3.63) is 59.7 Å². The van der Waals surface area contributed by atoms with Crippen molar-refractivity contribution in [2.24, 2.45) is 5.14 Å². The summed E-state index contributed by atoms with van der Waals surface area (Å²) in [4.78, 5) is 24.5. The first-order valence-electron chi connectivity index (χ1n) is 7.92. The molecule has 0 saturated heterocycles. The molecule has 0 spiro atoms. The van der Waals surface area contributed by atoms with Crippen LogP contribution >= 0.6 is 0 Å². The molecule has 0 radical (unpaired) electrons. The van der Waals surface area contributed by atoms with Crippen LogP contribution in [-0.4, -0.2) is 26.4 Å². The van der Waals surface area contributed by atoms with Crippen LogP contribution in [0.2, 0.25) is 0 Å². The molecule has 8 heteroatoms. The maximum absolute atomic E-state index is 12.3. The molecule has 0 heterocycles. The zero-order chi connectivity index (χ0) is 19.3. The third-order valence-corrected chi connectivity index (χ3v) is 4.74. The maximum Gasteiger partial charge on any atom is 0.338 e. The molecule has 0 aliphatic carbocycles. The number of nitrogens with one attached hydrogen (secondary N) is 1. The molecule has 1 atom stereocenters. The third kappa shape index (κ3) is 4.90. The van der Waals surface area contributed by atoms with Crippen LogP contribution in [0.1, 0.15) is 29.3 Å². The number of benzene rings is 2. The highest BCUT2D eigenvalue weighted by atomic mass is 32.2. The molecular weight excluding hydrogens is 356 g/mol. The maximum atomic E-state index is 12.3. The molecule has 0 saturated carbocycles. The van der Waals surface area contributed by atoms with Crippen LogP contribution in [0.4, 0.5) is 5.69 Å². The summed E-state index contributed by atoms with van der Waals surface area (Å²) in [6.07, 6.45) is -0.750. The van der Waals surface area contributed by atoms with Gasteiger partial charge in [0.2, 0.25) is 10.0 Å². The Morgan fingerprint density at radius 2 is 1.81 bits per heavy atom. The summed E-state index contributed by atoms with van der Waals surface area (Å²) in [5, 5.41) is 7.81. The molecule has 7 nitrogen and oxygen atoms in total. The lowest BCUT2D eigenvalue weighted by Crippen LogP contribution is -2.32. The highest BCUT2D eigenvalue weighted by molar-refractivity contribution is 7.89. The summed E-state index contributed by atoms with van der Waals surface area (Å²) in [6.45, 7) is 3.27. The minimum absolute atomic E-state index is 0.00517. The van der Waals surface area contributed by atoms with Crippen molar-refractivity contribution in [1.82, 2.24) is 0 Å². The number of rotatable bonds is 6. The first-order valence-corrected chi connectivity index (χ1v) is 9.47. The topological polar surface area (TPSA) is 116 Å². The first kappa shape index (κ1) is 19.6. The average Bonchev–Trinajstić information content (AvgIpc) is 2.59. The summed E-state index contributed by atoms with van der Waals surface area (Å²) < 4.78 is 28.4. The second kappa shape index (κ2) is 8.11. The highest BCUT2D eigenvalue weighted by Gasteiger charge is 2.23. The predicted molar refractivity (Wildman–Crippen MR) is 97.1 cm³/mol. The zero-order valence-electron chi connectivity index (χ0n) is 14.4. The smallest absolute Gasteiger partial charge is 0.338 e. The fourth-order valence-electron chi connectivity index (χ4n) is 2.30. The number of para-hydroxylation sites is 1. The van der Waals surface area contributed by atoms with Crippen molar-refractivity contribution in [3.8, 4) is 0 Å². The Morgan fingerprint density at radius 3 is 2.38 bits per heavy atom. The van der Waals surface area contributed by atoms with Gasteiger partial charge in [0.05, 0.1) is 10.5 Å². The van der Waals surface area contributed by atoms with Gasteiger partial charge in [-0.1, -0.05) is 31.2 Å². The normalized spacial score (nSPS) is 12.3. The van der Waals surface area contributed by atoms with Crippen LogP contribution in [0.15, 0.2) is 53.4 Å². The van der Waals surface area contributed by atoms with Crippen LogP contribution in [0.5, 0.6) is 0 Å². The lowest BCUT2D eigenvalue weighted by molar-refractivity contribution is -0.124. The van der Waals surface area contributed by atoms with Crippen LogP contribution in [0, 0.1) is 6.92 Å². The van der Waals surface area contributed by atoms with Crippen molar-refractivity contribution in [2.45, 2.75) is 31.3 Å². The number of ether oxygens (including phenoxy) is 1. The molecule has 1 unspecified atom stereocenters. The summed E-state index contributed by atoms with van der Waals surface area (Å²) in [5.74, 6) is -1.27. The number of aryl methyl sites for hydroxylation is 1. The van der Waals surface area contributed by atoms with E-state index in [4.69, 9.17) is 9.88 Å². The van der Waals surface area contributed by atoms with Gasteiger partial charge in [-0.05, 0) is 43.2 Å². The minimum atomic E-state index is -3.97. The highest BCUT2D eigenvalue weighted by Crippen LogP contribution is 2.17. The van der Waals surface area contributed by atoms with Gasteiger partial charge in [0.25, 0.3) is 5.91 Å². The van der Waals surface area contributed by atoms with Crippen LogP contribution < -0.4 is 10.5 Å². The molecule has 2 aromatic rings. The molecule has 1 amide bonds. The van der Waals surface area contributed by atoms with Gasteiger partial charge in [-0.15, -0.1) is 0 Å². The summed E-state index contributed by atoms with van der Waals surface area (Å²) in [6, 6.07) is 12.8. The number of anilines is 1. The number of esters is 1. The first-order chi connectivity index (χ1) is 12.2. The quantitative estimate of drug-likeness (QED) is 0.750. The molecule has 2 rings (SSSR count). The largest absolute Gasteiger partial charge is 0.449 e. The molecular formula is C18H20N2O5S. The Hall–Kier alpha value is -2.71. The Morgan fingerprint density at radius 1 is 1.15 bits per heavy atom. The molecule has 0 aromatic heterocycles. The number of sulfonamides is 1. The van der Waals surface area contributed by atoms with E-state index in [-0.39, 0.29) is 16.9 Å². The Balaban J connectivity index is 2.15. The fraction of sp³-hybridized carbons (Fsp3) is 0.222. The van der Waals surface area contributed by atoms with Gasteiger partial charge in [-0.2, -0.15) is 0 Å². The van der Waals surface area contributed by atoms with Crippen molar-refractivity contribution in [3.63, 3.8) is 0 Å². The molecule has 0 bridgehead atoms. The van der Waals surface area contributed by atoms with E-state index >= 15 is 0 Å². The summed E-state index contributed by atoms with van der Waals surface area (Å²) >= 11 is 0. The van der Waals surface area contributed by atoms with E-state index in [1.807, 2.05) is 6.07 Å². The van der Waals surface area contributed by atoms with Crippen molar-refractivity contribution >= 4 is 27.6 Å². The SMILES string of the molecule is CCC(OC(=O)c1ccc(C)c(S(N)(=O)=O)c1)C(=O)Nc1ccccc1. The van der Waals surface area contributed by atoms with Gasteiger partial charge in [-0.25, -0.2) is 18.4 Å². The van der Waals surface area contributed by atoms with Crippen LogP contribution in [0.25, 0.3) is 0 Å². The van der Waals surface area contributed by atoms with Crippen LogP contribution in [0.3, 0.4) is 0 Å². The van der Waals surface area contributed by atoms with Gasteiger partial charge in [0.1, 0.15) is 0 Å². The Labute approximate surface area is 152 Å². The van der Waals surface area contributed by atoms with Crippen LogP contribution in [-0.2, 0) is 19.6 Å². The number of hydrogen-bond donors (Lipinski definition) is 2. The lowest BCUT2D eigenvalue weighted by Gasteiger charge is -2.16. The lowest BCUT2D eigenvalue weighted by atomic mass is 10.1. The number of carbonyl (C=O) groups is 2. The van der Waals surface area contributed by atoms with Gasteiger partial charge >= 0.3 is 5.97 Å². The number of nitrogens with two attached hydrogens (primary N) is 1. The summed E-state index contributed by atoms with van der Waals surface area (Å²) in [5.41, 5.74) is 1.00. The number of carbonyl (C=O) groups excluding carboxylic acids is 2. The van der Waals surface area contributed by atoms with Crippen molar-refractivity contribution in [1.29, 1.82) is 0 Å². The molecule has 2 aromatic carbocycles. The van der Waals surface area contributed by atoms with Crippen molar-refractivity contribution in [2.75, 3.05) is 5.32 Å². The van der Waals surface area contributed by atoms with E-state index in [2.05, 4.69) is 5.32 Å². The van der Waals surface area contributed by atoms with E-state index in [9.17, 15) is 18.0 Å². The Bertz CT molecular complexity index is 910. The second-order valence-electron chi connectivity index (χ2n) is 5.68. The number of primary sulfonamides is 1. The molecule has 138 valence electrons. The Kier molecular flexibility index (Phi) is 6.12. The molecule has 0 aliphatic rings. The summed E-state index contributed by atoms with van der Waals surface area (Å²) in [7, 11) is -3.97. The molecule has 0 fully saturated rings. The van der Waals surface area contributed by atoms with Gasteiger partial charge in [0.15, 0.2) is 6.10 Å². The predicted octanol–water partition coefficient (Wildman–Crippen LogP) is 2.22. The van der Waals surface area contributed by atoms with E-state index in [1.165, 1.54) is 12.1 Å². The minimum Gasteiger partial charge on any atom is -0.449 e. The van der Waals surface area contributed by atoms with Gasteiger partial charge in [-0.3, -0.25) is 4.79 Å². The molecule has 3 N–H and O–H groups in total. The van der Waals surface area contributed by atoms with E-state index in [0.717, 1.165) is 6.07 Å².